The Morgan fingerprint density at radius 1 is 1.46 bits per heavy atom. The Bertz CT molecular complexity index is 664. The van der Waals surface area contributed by atoms with Crippen molar-refractivity contribution < 1.29 is 0 Å². The van der Waals surface area contributed by atoms with E-state index in [1.807, 2.05) is 38.0 Å². The second-order valence-corrected chi connectivity index (χ2v) is 7.76. The number of guanidine groups is 1. The number of thiophene rings is 1. The zero-order valence-electron chi connectivity index (χ0n) is 14.8. The number of rotatable bonds is 5. The zero-order valence-corrected chi connectivity index (χ0v) is 18.7. The fraction of sp³-hybridized carbons (Fsp3) is 0.471. The van der Waals surface area contributed by atoms with Crippen LogP contribution in [-0.2, 0) is 19.0 Å². The number of nitrogens with one attached hydrogen (secondary N) is 1. The Morgan fingerprint density at radius 3 is 2.67 bits per heavy atom. The third-order valence-electron chi connectivity index (χ3n) is 3.92. The van der Waals surface area contributed by atoms with Gasteiger partial charge in [0, 0.05) is 49.9 Å². The quantitative estimate of drug-likeness (QED) is 0.392. The van der Waals surface area contributed by atoms with Crippen molar-refractivity contribution in [2.45, 2.75) is 25.8 Å². The molecule has 0 saturated heterocycles. The van der Waals surface area contributed by atoms with E-state index in [1.165, 1.54) is 4.88 Å². The van der Waals surface area contributed by atoms with Crippen LogP contribution in [0.2, 0.25) is 5.02 Å². The number of halogens is 2. The van der Waals surface area contributed by atoms with Crippen LogP contribution in [0.15, 0.2) is 34.8 Å². The Kier molecular flexibility index (Phi) is 8.08. The summed E-state index contributed by atoms with van der Waals surface area (Å²) in [5.41, 5.74) is 1.22. The van der Waals surface area contributed by atoms with Crippen LogP contribution in [0.5, 0.6) is 0 Å². The molecule has 0 aliphatic heterocycles. The Balaban J connectivity index is 0.00000288. The van der Waals surface area contributed by atoms with Crippen LogP contribution in [0.3, 0.4) is 0 Å². The fourth-order valence-electron chi connectivity index (χ4n) is 2.48. The molecule has 134 valence electrons. The molecule has 2 rings (SSSR count). The standard InChI is InChI=1S/C17H25ClN4S.HI/c1-17(2,15-7-6-8-23-15)12-20-16(19-3)22(5)11-14-9-13(18)10-21(14)4;/h6-10H,11-12H2,1-5H3,(H,19,20);1H. The van der Waals surface area contributed by atoms with Gasteiger partial charge in [0.2, 0.25) is 0 Å². The number of hydrogen-bond donors (Lipinski definition) is 1. The summed E-state index contributed by atoms with van der Waals surface area (Å²) in [6.45, 7) is 6.08. The van der Waals surface area contributed by atoms with Gasteiger partial charge in [-0.2, -0.15) is 0 Å². The molecular formula is C17H26ClIN4S. The second-order valence-electron chi connectivity index (χ2n) is 6.38. The highest BCUT2D eigenvalue weighted by Crippen LogP contribution is 2.26. The highest BCUT2D eigenvalue weighted by molar-refractivity contribution is 14.0. The lowest BCUT2D eigenvalue weighted by Crippen LogP contribution is -2.44. The molecule has 0 aromatic carbocycles. The van der Waals surface area contributed by atoms with Gasteiger partial charge in [0.1, 0.15) is 0 Å². The average Bonchev–Trinajstić information content (AvgIpc) is 3.10. The fourth-order valence-corrected chi connectivity index (χ4v) is 3.60. The molecular weight excluding hydrogens is 455 g/mol. The maximum atomic E-state index is 6.06. The maximum Gasteiger partial charge on any atom is 0.193 e. The number of nitrogens with zero attached hydrogens (tertiary/aromatic N) is 3. The Labute approximate surface area is 170 Å². The summed E-state index contributed by atoms with van der Waals surface area (Å²) in [5.74, 6) is 0.881. The smallest absolute Gasteiger partial charge is 0.193 e. The molecule has 1 N–H and O–H groups in total. The lowest BCUT2D eigenvalue weighted by molar-refractivity contribution is 0.442. The lowest BCUT2D eigenvalue weighted by Gasteiger charge is -2.28. The molecule has 0 amide bonds. The van der Waals surface area contributed by atoms with Crippen molar-refractivity contribution in [3.63, 3.8) is 0 Å². The number of aliphatic imine (C=N–C) groups is 1. The average molecular weight is 481 g/mol. The van der Waals surface area contributed by atoms with Gasteiger partial charge >= 0.3 is 0 Å². The third kappa shape index (κ3) is 5.39. The molecule has 7 heteroatoms. The van der Waals surface area contributed by atoms with Crippen LogP contribution >= 0.6 is 46.9 Å². The van der Waals surface area contributed by atoms with Gasteiger partial charge in [0.05, 0.1) is 11.6 Å². The predicted octanol–water partition coefficient (Wildman–Crippen LogP) is 4.34. The summed E-state index contributed by atoms with van der Waals surface area (Å²) < 4.78 is 2.04. The monoisotopic (exact) mass is 480 g/mol. The molecule has 2 heterocycles. The van der Waals surface area contributed by atoms with Gasteiger partial charge in [-0.3, -0.25) is 4.99 Å². The summed E-state index contributed by atoms with van der Waals surface area (Å²) in [4.78, 5) is 7.88. The minimum atomic E-state index is 0. The van der Waals surface area contributed by atoms with Crippen LogP contribution in [0.1, 0.15) is 24.4 Å². The van der Waals surface area contributed by atoms with Crippen molar-refractivity contribution in [3.05, 3.63) is 45.4 Å². The van der Waals surface area contributed by atoms with Crippen molar-refractivity contribution >= 4 is 52.9 Å². The van der Waals surface area contributed by atoms with Crippen LogP contribution < -0.4 is 5.32 Å². The first kappa shape index (κ1) is 21.3. The van der Waals surface area contributed by atoms with Crippen molar-refractivity contribution in [3.8, 4) is 0 Å². The number of aromatic nitrogens is 1. The molecule has 0 fully saturated rings. The van der Waals surface area contributed by atoms with E-state index in [-0.39, 0.29) is 29.4 Å². The zero-order chi connectivity index (χ0) is 17.0. The molecule has 0 aliphatic carbocycles. The topological polar surface area (TPSA) is 32.6 Å². The first-order valence-corrected chi connectivity index (χ1v) is 8.86. The van der Waals surface area contributed by atoms with Crippen molar-refractivity contribution in [1.29, 1.82) is 0 Å². The molecule has 2 aromatic rings. The summed E-state index contributed by atoms with van der Waals surface area (Å²) in [5, 5.41) is 6.37. The molecule has 0 spiro atoms. The first-order chi connectivity index (χ1) is 10.8. The van der Waals surface area contributed by atoms with Crippen LogP contribution in [-0.4, -0.2) is 36.1 Å². The van der Waals surface area contributed by atoms with Crippen LogP contribution in [0, 0.1) is 0 Å². The molecule has 2 aromatic heterocycles. The van der Waals surface area contributed by atoms with E-state index in [2.05, 4.69) is 46.6 Å². The molecule has 0 bridgehead atoms. The summed E-state index contributed by atoms with van der Waals surface area (Å²) in [7, 11) is 5.86. The van der Waals surface area contributed by atoms with Crippen LogP contribution in [0.4, 0.5) is 0 Å². The highest BCUT2D eigenvalue weighted by atomic mass is 127. The molecule has 0 saturated carbocycles. The van der Waals surface area contributed by atoms with E-state index >= 15 is 0 Å². The maximum absolute atomic E-state index is 6.06. The van der Waals surface area contributed by atoms with E-state index in [1.54, 1.807) is 11.3 Å². The minimum Gasteiger partial charge on any atom is -0.355 e. The van der Waals surface area contributed by atoms with Gasteiger partial charge in [-0.1, -0.05) is 31.5 Å². The second kappa shape index (κ2) is 9.10. The van der Waals surface area contributed by atoms with Gasteiger partial charge in [-0.15, -0.1) is 35.3 Å². The molecule has 0 aliphatic rings. The van der Waals surface area contributed by atoms with Gasteiger partial charge < -0.3 is 14.8 Å². The van der Waals surface area contributed by atoms with Crippen LogP contribution in [0.25, 0.3) is 0 Å². The normalized spacial score (nSPS) is 12.0. The predicted molar refractivity (Wildman–Crippen MR) is 116 cm³/mol. The van der Waals surface area contributed by atoms with E-state index < -0.39 is 0 Å². The molecule has 4 nitrogen and oxygen atoms in total. The van der Waals surface area contributed by atoms with Crippen molar-refractivity contribution in [2.24, 2.45) is 12.0 Å². The highest BCUT2D eigenvalue weighted by Gasteiger charge is 2.22. The Morgan fingerprint density at radius 2 is 2.17 bits per heavy atom. The SMILES string of the molecule is CN=C(NCC(C)(C)c1cccs1)N(C)Cc1cc(Cl)cn1C.I. The largest absolute Gasteiger partial charge is 0.355 e. The Hall–Kier alpha value is -0.730. The van der Waals surface area contributed by atoms with E-state index in [9.17, 15) is 0 Å². The van der Waals surface area contributed by atoms with Crippen molar-refractivity contribution in [1.82, 2.24) is 14.8 Å². The van der Waals surface area contributed by atoms with E-state index in [4.69, 9.17) is 11.6 Å². The van der Waals surface area contributed by atoms with E-state index in [0.29, 0.717) is 0 Å². The van der Waals surface area contributed by atoms with Gasteiger partial charge in [-0.05, 0) is 17.5 Å². The minimum absolute atomic E-state index is 0. The molecule has 24 heavy (non-hydrogen) atoms. The van der Waals surface area contributed by atoms with E-state index in [0.717, 1.165) is 29.8 Å². The first-order valence-electron chi connectivity index (χ1n) is 7.60. The van der Waals surface area contributed by atoms with Gasteiger partial charge in [-0.25, -0.2) is 0 Å². The van der Waals surface area contributed by atoms with Gasteiger partial charge in [0.15, 0.2) is 5.96 Å². The summed E-state index contributed by atoms with van der Waals surface area (Å²) >= 11 is 7.85. The molecule has 0 atom stereocenters. The number of hydrogen-bond acceptors (Lipinski definition) is 2. The lowest BCUT2D eigenvalue weighted by atomic mass is 9.91. The molecule has 0 unspecified atom stereocenters. The van der Waals surface area contributed by atoms with Crippen molar-refractivity contribution in [2.75, 3.05) is 20.6 Å². The van der Waals surface area contributed by atoms with Gasteiger partial charge in [0.25, 0.3) is 0 Å². The summed E-state index contributed by atoms with van der Waals surface area (Å²) in [6, 6.07) is 6.27. The molecule has 0 radical (unpaired) electrons. The summed E-state index contributed by atoms with van der Waals surface area (Å²) in [6.07, 6.45) is 1.92. The third-order valence-corrected chi connectivity index (χ3v) is 5.37. The number of aryl methyl sites for hydroxylation is 1.